The number of hydrogen-bond donors (Lipinski definition) is 4. The average molecular weight is 237 g/mol. The Morgan fingerprint density at radius 2 is 2.06 bits per heavy atom. The molecule has 1 rings (SSSR count). The number of carbonyl (C=O) groups is 2. The predicted octanol–water partition coefficient (Wildman–Crippen LogP) is 0.644. The Morgan fingerprint density at radius 3 is 2.65 bits per heavy atom. The van der Waals surface area contributed by atoms with Crippen LogP contribution in [0, 0.1) is 0 Å². The normalized spacial score (nSPS) is 9.88. The predicted molar refractivity (Wildman–Crippen MR) is 64.7 cm³/mol. The third-order valence-corrected chi connectivity index (χ3v) is 2.23. The molecule has 17 heavy (non-hydrogen) atoms. The molecule has 0 spiro atoms. The first kappa shape index (κ1) is 12.8. The number of nitrogen functional groups attached to an aromatic ring is 1. The second kappa shape index (κ2) is 5.74. The third kappa shape index (κ3) is 3.67. The second-order valence-electron chi connectivity index (χ2n) is 3.57. The number of nitrogens with two attached hydrogens (primary N) is 2. The molecule has 0 unspecified atom stereocenters. The smallest absolute Gasteiger partial charge is 0.337 e. The van der Waals surface area contributed by atoms with Gasteiger partial charge in [-0.05, 0) is 18.6 Å². The molecule has 0 aliphatic carbocycles. The van der Waals surface area contributed by atoms with Gasteiger partial charge in [0.15, 0.2) is 0 Å². The van der Waals surface area contributed by atoms with E-state index in [-0.39, 0.29) is 17.9 Å². The van der Waals surface area contributed by atoms with E-state index in [9.17, 15) is 9.59 Å². The molecular weight excluding hydrogens is 222 g/mol. The number of rotatable bonds is 6. The summed E-state index contributed by atoms with van der Waals surface area (Å²) in [5.74, 6) is -1.43. The van der Waals surface area contributed by atoms with Crippen LogP contribution in [0.25, 0.3) is 0 Å². The van der Waals surface area contributed by atoms with Crippen LogP contribution in [0.2, 0.25) is 0 Å². The molecule has 0 aromatic heterocycles. The minimum atomic E-state index is -1.05. The lowest BCUT2D eigenvalue weighted by atomic mass is 10.1. The summed E-state index contributed by atoms with van der Waals surface area (Å²) in [4.78, 5) is 21.5. The van der Waals surface area contributed by atoms with Gasteiger partial charge in [0.1, 0.15) is 0 Å². The molecule has 6 N–H and O–H groups in total. The highest BCUT2D eigenvalue weighted by Gasteiger charge is 2.11. The van der Waals surface area contributed by atoms with Crippen LogP contribution in [0.3, 0.4) is 0 Å². The number of nitrogens with one attached hydrogen (secondary N) is 1. The third-order valence-electron chi connectivity index (χ3n) is 2.23. The average Bonchev–Trinajstić information content (AvgIpc) is 2.25. The maximum atomic E-state index is 10.9. The Balaban J connectivity index is 2.69. The molecule has 92 valence electrons. The van der Waals surface area contributed by atoms with Crippen LogP contribution < -0.4 is 16.8 Å². The number of primary amides is 1. The maximum Gasteiger partial charge on any atom is 0.337 e. The minimum Gasteiger partial charge on any atom is -0.478 e. The molecule has 0 fully saturated rings. The van der Waals surface area contributed by atoms with Gasteiger partial charge in [-0.3, -0.25) is 4.79 Å². The fraction of sp³-hybridized carbons (Fsp3) is 0.273. The van der Waals surface area contributed by atoms with E-state index in [1.807, 2.05) is 0 Å². The van der Waals surface area contributed by atoms with Crippen LogP contribution >= 0.6 is 0 Å². The number of carbonyl (C=O) groups excluding carboxylic acids is 1. The largest absolute Gasteiger partial charge is 0.478 e. The standard InChI is InChI=1S/C11H15N3O3/c12-8-4-1-3-7(11(16)17)10(8)14-6-2-5-9(13)15/h1,3-4,14H,2,5-6,12H2,(H2,13,15)(H,16,17). The molecule has 6 heteroatoms. The number of carboxylic acids is 1. The first-order valence-corrected chi connectivity index (χ1v) is 5.16. The van der Waals surface area contributed by atoms with Crippen LogP contribution in [0.5, 0.6) is 0 Å². The van der Waals surface area contributed by atoms with Crippen molar-refractivity contribution in [3.05, 3.63) is 23.8 Å². The van der Waals surface area contributed by atoms with Gasteiger partial charge in [-0.2, -0.15) is 0 Å². The lowest BCUT2D eigenvalue weighted by Crippen LogP contribution is -2.14. The van der Waals surface area contributed by atoms with Gasteiger partial charge in [0.25, 0.3) is 0 Å². The molecule has 6 nitrogen and oxygen atoms in total. The molecule has 0 heterocycles. The molecule has 1 amide bonds. The van der Waals surface area contributed by atoms with Crippen molar-refractivity contribution < 1.29 is 14.7 Å². The Kier molecular flexibility index (Phi) is 4.33. The maximum absolute atomic E-state index is 10.9. The van der Waals surface area contributed by atoms with E-state index >= 15 is 0 Å². The summed E-state index contributed by atoms with van der Waals surface area (Å²) in [7, 11) is 0. The zero-order valence-electron chi connectivity index (χ0n) is 9.27. The van der Waals surface area contributed by atoms with Crippen molar-refractivity contribution in [2.24, 2.45) is 5.73 Å². The van der Waals surface area contributed by atoms with E-state index in [0.29, 0.717) is 24.3 Å². The molecule has 0 atom stereocenters. The number of carboxylic acid groups (broad SMARTS) is 1. The van der Waals surface area contributed by atoms with Crippen LogP contribution in [-0.4, -0.2) is 23.5 Å². The van der Waals surface area contributed by atoms with Gasteiger partial charge in [0, 0.05) is 13.0 Å². The zero-order chi connectivity index (χ0) is 12.8. The summed E-state index contributed by atoms with van der Waals surface area (Å²) in [5.41, 5.74) is 11.5. The van der Waals surface area contributed by atoms with Crippen LogP contribution in [0.15, 0.2) is 18.2 Å². The molecule has 0 aliphatic heterocycles. The van der Waals surface area contributed by atoms with Gasteiger partial charge in [-0.1, -0.05) is 6.07 Å². The lowest BCUT2D eigenvalue weighted by molar-refractivity contribution is -0.118. The first-order chi connectivity index (χ1) is 8.02. The lowest BCUT2D eigenvalue weighted by Gasteiger charge is -2.11. The number of anilines is 2. The van der Waals surface area contributed by atoms with Crippen molar-refractivity contribution in [3.8, 4) is 0 Å². The van der Waals surface area contributed by atoms with Crippen molar-refractivity contribution in [2.45, 2.75) is 12.8 Å². The summed E-state index contributed by atoms with van der Waals surface area (Å²) < 4.78 is 0. The minimum absolute atomic E-state index is 0.115. The van der Waals surface area contributed by atoms with Crippen molar-refractivity contribution in [2.75, 3.05) is 17.6 Å². The van der Waals surface area contributed by atoms with Gasteiger partial charge in [0.05, 0.1) is 16.9 Å². The summed E-state index contributed by atoms with van der Waals surface area (Å²) in [6, 6.07) is 4.66. The van der Waals surface area contributed by atoms with Crippen molar-refractivity contribution >= 4 is 23.3 Å². The van der Waals surface area contributed by atoms with E-state index < -0.39 is 5.97 Å². The van der Waals surface area contributed by atoms with Gasteiger partial charge in [-0.15, -0.1) is 0 Å². The number of amides is 1. The molecule has 1 aromatic carbocycles. The number of hydrogen-bond acceptors (Lipinski definition) is 4. The fourth-order valence-corrected chi connectivity index (χ4v) is 1.42. The fourth-order valence-electron chi connectivity index (χ4n) is 1.42. The van der Waals surface area contributed by atoms with Crippen molar-refractivity contribution in [1.82, 2.24) is 0 Å². The quantitative estimate of drug-likeness (QED) is 0.427. The summed E-state index contributed by atoms with van der Waals surface area (Å²) in [6.07, 6.45) is 0.783. The Morgan fingerprint density at radius 1 is 1.35 bits per heavy atom. The molecule has 0 bridgehead atoms. The van der Waals surface area contributed by atoms with E-state index in [1.165, 1.54) is 6.07 Å². The highest BCUT2D eigenvalue weighted by atomic mass is 16.4. The monoisotopic (exact) mass is 237 g/mol. The van der Waals surface area contributed by atoms with Crippen LogP contribution in [0.4, 0.5) is 11.4 Å². The SMILES string of the molecule is NC(=O)CCCNc1c(N)cccc1C(=O)O. The van der Waals surface area contributed by atoms with Gasteiger partial charge in [-0.25, -0.2) is 4.79 Å². The Labute approximate surface area is 98.6 Å². The van der Waals surface area contributed by atoms with E-state index in [1.54, 1.807) is 12.1 Å². The Hall–Kier alpha value is -2.24. The summed E-state index contributed by atoms with van der Waals surface area (Å²) in [6.45, 7) is 0.442. The van der Waals surface area contributed by atoms with Crippen molar-refractivity contribution in [3.63, 3.8) is 0 Å². The topological polar surface area (TPSA) is 118 Å². The first-order valence-electron chi connectivity index (χ1n) is 5.16. The molecular formula is C11H15N3O3. The van der Waals surface area contributed by atoms with Crippen LogP contribution in [-0.2, 0) is 4.79 Å². The van der Waals surface area contributed by atoms with E-state index in [0.717, 1.165) is 0 Å². The highest BCUT2D eigenvalue weighted by molar-refractivity contribution is 5.97. The molecule has 0 radical (unpaired) electrons. The van der Waals surface area contributed by atoms with Gasteiger partial charge >= 0.3 is 5.97 Å². The van der Waals surface area contributed by atoms with Gasteiger partial charge in [0.2, 0.25) is 5.91 Å². The Bertz CT molecular complexity index is 432. The van der Waals surface area contributed by atoms with Gasteiger partial charge < -0.3 is 21.9 Å². The number of benzene rings is 1. The van der Waals surface area contributed by atoms with E-state index in [4.69, 9.17) is 16.6 Å². The number of para-hydroxylation sites is 1. The van der Waals surface area contributed by atoms with E-state index in [2.05, 4.69) is 5.32 Å². The summed E-state index contributed by atoms with van der Waals surface area (Å²) in [5, 5.41) is 11.9. The molecule has 0 saturated heterocycles. The van der Waals surface area contributed by atoms with Crippen LogP contribution in [0.1, 0.15) is 23.2 Å². The molecule has 0 aliphatic rings. The van der Waals surface area contributed by atoms with Crippen molar-refractivity contribution in [1.29, 1.82) is 0 Å². The summed E-state index contributed by atoms with van der Waals surface area (Å²) >= 11 is 0. The highest BCUT2D eigenvalue weighted by Crippen LogP contribution is 2.23. The number of aromatic carboxylic acids is 1. The zero-order valence-corrected chi connectivity index (χ0v) is 9.27. The molecule has 0 saturated carbocycles. The molecule has 1 aromatic rings. The second-order valence-corrected chi connectivity index (χ2v) is 3.57.